The third kappa shape index (κ3) is 5.71. The molecule has 0 bridgehead atoms. The lowest BCUT2D eigenvalue weighted by atomic mass is 9.95. The van der Waals surface area contributed by atoms with Crippen molar-refractivity contribution in [3.05, 3.63) is 83.7 Å². The molecule has 2 N–H and O–H groups in total. The first-order chi connectivity index (χ1) is 19.7. The van der Waals surface area contributed by atoms with E-state index in [9.17, 15) is 18.0 Å². The maximum Gasteiger partial charge on any atom is 0.416 e. The molecule has 5 aromatic rings. The highest BCUT2D eigenvalue weighted by atomic mass is 35.5. The second kappa shape index (κ2) is 11.3. The molecule has 13 heteroatoms. The van der Waals surface area contributed by atoms with E-state index in [2.05, 4.69) is 31.9 Å². The summed E-state index contributed by atoms with van der Waals surface area (Å²) in [5.41, 5.74) is 3.17. The molecular formula is C28H22ClF3N8O. The minimum absolute atomic E-state index is 0.0289. The number of anilines is 1. The fraction of sp³-hybridized carbons (Fsp3) is 0.179. The van der Waals surface area contributed by atoms with Crippen LogP contribution in [0.4, 0.5) is 23.9 Å². The van der Waals surface area contributed by atoms with E-state index in [1.165, 1.54) is 10.6 Å². The normalized spacial score (nSPS) is 11.4. The number of urea groups is 1. The molecule has 3 heterocycles. The van der Waals surface area contributed by atoms with E-state index in [4.69, 9.17) is 16.9 Å². The molecule has 0 aliphatic heterocycles. The minimum atomic E-state index is -4.55. The van der Waals surface area contributed by atoms with Gasteiger partial charge in [0.1, 0.15) is 0 Å². The summed E-state index contributed by atoms with van der Waals surface area (Å²) in [6, 6.07) is 15.1. The maximum atomic E-state index is 13.6. The van der Waals surface area contributed by atoms with Crippen LogP contribution in [0.25, 0.3) is 33.7 Å². The predicted molar refractivity (Wildman–Crippen MR) is 148 cm³/mol. The van der Waals surface area contributed by atoms with Gasteiger partial charge >= 0.3 is 12.2 Å². The molecule has 41 heavy (non-hydrogen) atoms. The summed E-state index contributed by atoms with van der Waals surface area (Å²) < 4.78 is 44.0. The lowest BCUT2D eigenvalue weighted by Crippen LogP contribution is -2.30. The number of carbonyl (C=O) groups excluding carboxylic acids is 1. The number of fused-ring (bicyclic) bond motifs is 1. The fourth-order valence-electron chi connectivity index (χ4n) is 4.42. The van der Waals surface area contributed by atoms with Gasteiger partial charge in [0.15, 0.2) is 5.65 Å². The van der Waals surface area contributed by atoms with Crippen LogP contribution >= 0.6 is 11.6 Å². The number of aromatic nitrogens is 5. The molecule has 5 rings (SSSR count). The number of carbonyl (C=O) groups is 1. The van der Waals surface area contributed by atoms with Gasteiger partial charge in [0.05, 0.1) is 34.8 Å². The molecule has 3 aromatic heterocycles. The van der Waals surface area contributed by atoms with Crippen LogP contribution in [0.2, 0.25) is 0 Å². The van der Waals surface area contributed by atoms with Crippen LogP contribution in [-0.2, 0) is 6.18 Å². The Kier molecular flexibility index (Phi) is 7.63. The van der Waals surface area contributed by atoms with E-state index in [1.54, 1.807) is 60.4 Å². The quantitative estimate of drug-likeness (QED) is 0.176. The van der Waals surface area contributed by atoms with Crippen LogP contribution in [0.1, 0.15) is 23.1 Å². The van der Waals surface area contributed by atoms with E-state index in [0.717, 1.165) is 12.1 Å². The minimum Gasteiger partial charge on any atom is -0.338 e. The average molecular weight is 579 g/mol. The van der Waals surface area contributed by atoms with Crippen molar-refractivity contribution in [2.75, 3.05) is 17.7 Å². The van der Waals surface area contributed by atoms with E-state index in [-0.39, 0.29) is 17.2 Å². The van der Waals surface area contributed by atoms with Crippen molar-refractivity contribution >= 4 is 29.2 Å². The van der Waals surface area contributed by atoms with Gasteiger partial charge in [-0.2, -0.15) is 28.5 Å². The zero-order valence-electron chi connectivity index (χ0n) is 21.6. The Morgan fingerprint density at radius 1 is 1.15 bits per heavy atom. The molecule has 0 fully saturated rings. The first-order valence-corrected chi connectivity index (χ1v) is 13.0. The highest BCUT2D eigenvalue weighted by molar-refractivity contribution is 6.17. The number of hydrogen-bond donors (Lipinski definition) is 2. The number of nitrogens with zero attached hydrogens (tertiary/aromatic N) is 6. The van der Waals surface area contributed by atoms with Crippen molar-refractivity contribution in [2.24, 2.45) is 0 Å². The number of rotatable bonds is 7. The van der Waals surface area contributed by atoms with Crippen LogP contribution in [0.3, 0.4) is 0 Å². The van der Waals surface area contributed by atoms with Crippen LogP contribution in [0.15, 0.2) is 67.0 Å². The second-order valence-corrected chi connectivity index (χ2v) is 9.41. The molecule has 2 amide bonds. The van der Waals surface area contributed by atoms with Gasteiger partial charge in [-0.1, -0.05) is 12.1 Å². The standard InChI is InChI=1S/C28H22ClF3N8O/c1-17-22(23-10-13-35-40(23)21-8-6-18(15-33)7-9-21)16-39-25(36-26(38-39)37-27(41)34-12-3-11-29)24(17)19-4-2-5-20(14-19)28(30,31)32/h2,4-10,13-14,16H,3,11-12H2,1H3,(H2,34,37,38,41). The lowest BCUT2D eigenvalue weighted by Gasteiger charge is -2.16. The molecule has 2 aromatic carbocycles. The molecule has 0 aliphatic rings. The Balaban J connectivity index is 1.68. The van der Waals surface area contributed by atoms with Crippen molar-refractivity contribution in [1.82, 2.24) is 29.7 Å². The molecule has 0 unspecified atom stereocenters. The molecule has 0 radical (unpaired) electrons. The maximum absolute atomic E-state index is 13.6. The third-order valence-electron chi connectivity index (χ3n) is 6.34. The monoisotopic (exact) mass is 578 g/mol. The number of pyridine rings is 1. The molecule has 0 saturated heterocycles. The van der Waals surface area contributed by atoms with Gasteiger partial charge in [-0.3, -0.25) is 5.32 Å². The summed E-state index contributed by atoms with van der Waals surface area (Å²) in [7, 11) is 0. The summed E-state index contributed by atoms with van der Waals surface area (Å²) in [6.45, 7) is 2.13. The molecule has 0 aliphatic carbocycles. The number of amides is 2. The van der Waals surface area contributed by atoms with Crippen molar-refractivity contribution in [2.45, 2.75) is 19.5 Å². The van der Waals surface area contributed by atoms with Gasteiger partial charge in [-0.25, -0.2) is 14.0 Å². The van der Waals surface area contributed by atoms with Crippen LogP contribution in [0, 0.1) is 18.3 Å². The molecule has 0 atom stereocenters. The van der Waals surface area contributed by atoms with Crippen molar-refractivity contribution in [1.29, 1.82) is 5.26 Å². The highest BCUT2D eigenvalue weighted by Crippen LogP contribution is 2.38. The number of halogens is 4. The topological polar surface area (TPSA) is 113 Å². The Hall–Kier alpha value is -4.89. The second-order valence-electron chi connectivity index (χ2n) is 9.04. The van der Waals surface area contributed by atoms with Crippen molar-refractivity contribution in [3.8, 4) is 34.1 Å². The van der Waals surface area contributed by atoms with Gasteiger partial charge in [0.25, 0.3) is 5.95 Å². The summed E-state index contributed by atoms with van der Waals surface area (Å²) in [5.74, 6) is 0.354. The molecule has 0 saturated carbocycles. The summed E-state index contributed by atoms with van der Waals surface area (Å²) in [4.78, 5) is 16.8. The van der Waals surface area contributed by atoms with Gasteiger partial charge in [-0.15, -0.1) is 16.7 Å². The summed E-state index contributed by atoms with van der Waals surface area (Å²) >= 11 is 5.66. The lowest BCUT2D eigenvalue weighted by molar-refractivity contribution is -0.137. The van der Waals surface area contributed by atoms with Crippen LogP contribution in [0.5, 0.6) is 0 Å². The first kappa shape index (κ1) is 27.7. The number of alkyl halides is 4. The van der Waals surface area contributed by atoms with E-state index in [1.807, 2.05) is 0 Å². The zero-order chi connectivity index (χ0) is 29.1. The van der Waals surface area contributed by atoms with Gasteiger partial charge < -0.3 is 5.32 Å². The summed E-state index contributed by atoms with van der Waals surface area (Å²) in [5, 5.41) is 23.2. The van der Waals surface area contributed by atoms with Crippen molar-refractivity contribution < 1.29 is 18.0 Å². The van der Waals surface area contributed by atoms with Gasteiger partial charge in [0, 0.05) is 29.7 Å². The van der Waals surface area contributed by atoms with Crippen LogP contribution < -0.4 is 10.6 Å². The number of nitrogens with one attached hydrogen (secondary N) is 2. The Bertz CT molecular complexity index is 1770. The number of hydrogen-bond acceptors (Lipinski definition) is 5. The third-order valence-corrected chi connectivity index (χ3v) is 6.61. The highest BCUT2D eigenvalue weighted by Gasteiger charge is 2.31. The zero-order valence-corrected chi connectivity index (χ0v) is 22.3. The van der Waals surface area contributed by atoms with Crippen LogP contribution in [-0.4, -0.2) is 42.8 Å². The van der Waals surface area contributed by atoms with E-state index in [0.29, 0.717) is 52.5 Å². The SMILES string of the molecule is Cc1c(-c2ccnn2-c2ccc(C#N)cc2)cn2nc(NC(=O)NCCCCl)nc2c1-c1cccc(C(F)(F)F)c1. The van der Waals surface area contributed by atoms with E-state index < -0.39 is 17.8 Å². The number of nitriles is 1. The number of benzene rings is 2. The molecule has 9 nitrogen and oxygen atoms in total. The Labute approximate surface area is 237 Å². The first-order valence-electron chi connectivity index (χ1n) is 12.4. The summed E-state index contributed by atoms with van der Waals surface area (Å²) in [6.07, 6.45) is -0.695. The molecule has 0 spiro atoms. The fourth-order valence-corrected chi connectivity index (χ4v) is 4.55. The largest absolute Gasteiger partial charge is 0.416 e. The Morgan fingerprint density at radius 2 is 1.93 bits per heavy atom. The average Bonchev–Trinajstić information content (AvgIpc) is 3.59. The van der Waals surface area contributed by atoms with E-state index >= 15 is 0 Å². The van der Waals surface area contributed by atoms with Gasteiger partial charge in [-0.05, 0) is 66.9 Å². The molecular weight excluding hydrogens is 557 g/mol. The smallest absolute Gasteiger partial charge is 0.338 e. The van der Waals surface area contributed by atoms with Crippen molar-refractivity contribution in [3.63, 3.8) is 0 Å². The Morgan fingerprint density at radius 3 is 2.63 bits per heavy atom. The van der Waals surface area contributed by atoms with Gasteiger partial charge in [0.2, 0.25) is 0 Å². The molecule has 208 valence electrons. The predicted octanol–water partition coefficient (Wildman–Crippen LogP) is 6.20.